The van der Waals surface area contributed by atoms with Crippen LogP contribution in [0.3, 0.4) is 0 Å². The minimum Gasteiger partial charge on any atom is -0.465 e. The molecule has 0 aliphatic carbocycles. The van der Waals surface area contributed by atoms with E-state index in [0.717, 1.165) is 23.8 Å². The molecule has 2 aliphatic heterocycles. The number of piperidine rings is 1. The number of halogens is 3. The van der Waals surface area contributed by atoms with E-state index in [9.17, 15) is 27.6 Å². The predicted octanol–water partition coefficient (Wildman–Crippen LogP) is 4.65. The van der Waals surface area contributed by atoms with Gasteiger partial charge in [-0.05, 0) is 55.2 Å². The summed E-state index contributed by atoms with van der Waals surface area (Å²) in [5.41, 5.74) is -0.101. The van der Waals surface area contributed by atoms with E-state index in [1.807, 2.05) is 12.1 Å². The minimum absolute atomic E-state index is 0.00668. The molecule has 3 aromatic rings. The molecule has 208 valence electrons. The highest BCUT2D eigenvalue weighted by molar-refractivity contribution is 5.93. The fraction of sp³-hybridized carbons (Fsp3) is 0.333. The highest BCUT2D eigenvalue weighted by atomic mass is 19.1. The van der Waals surface area contributed by atoms with Crippen LogP contribution < -0.4 is 0 Å². The molecule has 40 heavy (non-hydrogen) atoms. The van der Waals surface area contributed by atoms with Crippen LogP contribution >= 0.6 is 0 Å². The van der Waals surface area contributed by atoms with Crippen molar-refractivity contribution in [2.75, 3.05) is 33.3 Å². The van der Waals surface area contributed by atoms with E-state index in [0.29, 0.717) is 51.0 Å². The molecule has 3 heterocycles. The summed E-state index contributed by atoms with van der Waals surface area (Å²) in [6.45, 7) is 2.04. The van der Waals surface area contributed by atoms with E-state index >= 15 is 0 Å². The molecule has 0 bridgehead atoms. The quantitative estimate of drug-likeness (QED) is 0.417. The van der Waals surface area contributed by atoms with Crippen LogP contribution in [0.5, 0.6) is 0 Å². The lowest BCUT2D eigenvalue weighted by atomic mass is 9.71. The largest absolute Gasteiger partial charge is 0.465 e. The maximum atomic E-state index is 14.4. The third-order valence-corrected chi connectivity index (χ3v) is 7.81. The van der Waals surface area contributed by atoms with Crippen LogP contribution in [0, 0.1) is 22.9 Å². The van der Waals surface area contributed by atoms with Crippen molar-refractivity contribution < 1.29 is 32.3 Å². The average molecular weight is 552 g/mol. The van der Waals surface area contributed by atoms with Crippen LogP contribution in [0.2, 0.25) is 0 Å². The maximum Gasteiger partial charge on any atom is 0.338 e. The number of pyridine rings is 1. The molecule has 0 unspecified atom stereocenters. The topological polar surface area (TPSA) is 79.8 Å². The number of benzene rings is 2. The van der Waals surface area contributed by atoms with Gasteiger partial charge >= 0.3 is 5.97 Å². The second-order valence-corrected chi connectivity index (χ2v) is 10.3. The van der Waals surface area contributed by atoms with Crippen molar-refractivity contribution in [3.8, 4) is 11.3 Å². The number of rotatable bonds is 6. The van der Waals surface area contributed by atoms with E-state index < -0.39 is 40.6 Å². The van der Waals surface area contributed by atoms with Gasteiger partial charge < -0.3 is 14.5 Å². The molecule has 2 aromatic carbocycles. The monoisotopic (exact) mass is 551 g/mol. The van der Waals surface area contributed by atoms with Crippen molar-refractivity contribution in [3.05, 3.63) is 88.9 Å². The molecule has 2 saturated heterocycles. The fourth-order valence-corrected chi connectivity index (χ4v) is 5.51. The third kappa shape index (κ3) is 5.30. The first kappa shape index (κ1) is 27.4. The number of hydrogen-bond acceptors (Lipinski definition) is 5. The molecule has 7 nitrogen and oxygen atoms in total. The molecule has 1 aromatic heterocycles. The van der Waals surface area contributed by atoms with Crippen LogP contribution in [0.15, 0.2) is 54.6 Å². The van der Waals surface area contributed by atoms with Gasteiger partial charge in [-0.15, -0.1) is 0 Å². The molecule has 10 heteroatoms. The normalized spacial score (nSPS) is 16.0. The molecule has 2 fully saturated rings. The zero-order valence-electron chi connectivity index (χ0n) is 22.0. The van der Waals surface area contributed by atoms with Crippen LogP contribution in [-0.4, -0.2) is 65.9 Å². The fourth-order valence-electron chi connectivity index (χ4n) is 5.51. The van der Waals surface area contributed by atoms with Crippen molar-refractivity contribution in [2.45, 2.75) is 25.7 Å². The van der Waals surface area contributed by atoms with Gasteiger partial charge in [-0.3, -0.25) is 9.59 Å². The van der Waals surface area contributed by atoms with E-state index in [2.05, 4.69) is 4.98 Å². The Morgan fingerprint density at radius 2 is 1.55 bits per heavy atom. The molecule has 5 rings (SSSR count). The minimum atomic E-state index is -0.965. The Morgan fingerprint density at radius 3 is 2.23 bits per heavy atom. The van der Waals surface area contributed by atoms with Gasteiger partial charge in [0.15, 0.2) is 0 Å². The Bertz CT molecular complexity index is 1440. The van der Waals surface area contributed by atoms with Crippen molar-refractivity contribution >= 4 is 17.8 Å². The zero-order valence-corrected chi connectivity index (χ0v) is 22.0. The molecule has 1 spiro atoms. The van der Waals surface area contributed by atoms with Gasteiger partial charge in [0.05, 0.1) is 18.2 Å². The average Bonchev–Trinajstić information content (AvgIpc) is 2.95. The molecule has 2 amide bonds. The molecular weight excluding hydrogens is 523 g/mol. The molecule has 2 aliphatic rings. The Labute approximate surface area is 229 Å². The number of aryl methyl sites for hydroxylation is 1. The summed E-state index contributed by atoms with van der Waals surface area (Å²) < 4.78 is 47.7. The first-order valence-electron chi connectivity index (χ1n) is 13.1. The summed E-state index contributed by atoms with van der Waals surface area (Å²) in [5.74, 6) is -3.72. The summed E-state index contributed by atoms with van der Waals surface area (Å²) in [7, 11) is 1.32. The second kappa shape index (κ2) is 11.1. The number of amides is 2. The first-order valence-corrected chi connectivity index (χ1v) is 13.1. The molecular formula is C30H28F3N3O4. The summed E-state index contributed by atoms with van der Waals surface area (Å²) in [6, 6.07) is 12.5. The number of nitrogens with zero attached hydrogens (tertiary/aromatic N) is 3. The van der Waals surface area contributed by atoms with Crippen molar-refractivity contribution in [1.82, 2.24) is 14.8 Å². The summed E-state index contributed by atoms with van der Waals surface area (Å²) >= 11 is 0. The van der Waals surface area contributed by atoms with Crippen molar-refractivity contribution in [2.24, 2.45) is 5.41 Å². The van der Waals surface area contributed by atoms with Crippen LogP contribution in [0.4, 0.5) is 13.2 Å². The third-order valence-electron chi connectivity index (χ3n) is 7.81. The van der Waals surface area contributed by atoms with Crippen molar-refractivity contribution in [3.63, 3.8) is 0 Å². The number of likely N-dealkylation sites (tertiary alicyclic amines) is 2. The number of aromatic nitrogens is 1. The van der Waals surface area contributed by atoms with Gasteiger partial charge in [0.1, 0.15) is 28.8 Å². The lowest BCUT2D eigenvalue weighted by Crippen LogP contribution is -2.62. The Balaban J connectivity index is 1.16. The SMILES string of the molecule is COC(=O)c1ccccc1CCC(=O)N1CC2(CCN(C(=O)c3ccc(F)c(-c4c(F)cccc4F)n3)CC2)C1. The van der Waals surface area contributed by atoms with Crippen LogP contribution in [0.1, 0.15) is 45.7 Å². The Hall–Kier alpha value is -4.21. The molecule has 0 radical (unpaired) electrons. The highest BCUT2D eigenvalue weighted by Crippen LogP contribution is 2.41. The lowest BCUT2D eigenvalue weighted by molar-refractivity contribution is -0.146. The van der Waals surface area contributed by atoms with Crippen molar-refractivity contribution in [1.29, 1.82) is 0 Å². The number of esters is 1. The molecule has 0 saturated carbocycles. The lowest BCUT2D eigenvalue weighted by Gasteiger charge is -2.54. The highest BCUT2D eigenvalue weighted by Gasteiger charge is 2.47. The van der Waals surface area contributed by atoms with Gasteiger partial charge in [-0.1, -0.05) is 24.3 Å². The first-order chi connectivity index (χ1) is 19.2. The maximum absolute atomic E-state index is 14.4. The Morgan fingerprint density at radius 1 is 0.875 bits per heavy atom. The van der Waals surface area contributed by atoms with Crippen LogP contribution in [0.25, 0.3) is 11.3 Å². The number of carbonyl (C=O) groups is 3. The van der Waals surface area contributed by atoms with E-state index in [1.54, 1.807) is 21.9 Å². The zero-order chi connectivity index (χ0) is 28.4. The standard InChI is InChI=1S/C30H28F3N3O4/c1-40-29(39)20-6-3-2-5-19(20)9-12-25(37)36-17-30(18-36)13-15-35(16-14-30)28(38)24-11-10-23(33)27(34-24)26-21(31)7-4-8-22(26)32/h2-8,10-11H,9,12-18H2,1H3. The van der Waals surface area contributed by atoms with E-state index in [-0.39, 0.29) is 23.4 Å². The second-order valence-electron chi connectivity index (χ2n) is 10.3. The van der Waals surface area contributed by atoms with Gasteiger partial charge in [0.2, 0.25) is 5.91 Å². The van der Waals surface area contributed by atoms with E-state index in [4.69, 9.17) is 4.74 Å². The number of methoxy groups -OCH3 is 1. The Kier molecular flexibility index (Phi) is 7.60. The number of carbonyl (C=O) groups excluding carboxylic acids is 3. The van der Waals surface area contributed by atoms with Gasteiger partial charge in [-0.25, -0.2) is 22.9 Å². The smallest absolute Gasteiger partial charge is 0.338 e. The van der Waals surface area contributed by atoms with E-state index in [1.165, 1.54) is 19.2 Å². The summed E-state index contributed by atoms with van der Waals surface area (Å²) in [4.78, 5) is 45.3. The van der Waals surface area contributed by atoms with Crippen LogP contribution in [-0.2, 0) is 16.0 Å². The summed E-state index contributed by atoms with van der Waals surface area (Å²) in [5, 5.41) is 0. The summed E-state index contributed by atoms with van der Waals surface area (Å²) in [6.07, 6.45) is 2.07. The number of hydrogen-bond donors (Lipinski definition) is 0. The molecule has 0 atom stereocenters. The number of ether oxygens (including phenoxy) is 1. The van der Waals surface area contributed by atoms with Gasteiger partial charge in [-0.2, -0.15) is 0 Å². The van der Waals surface area contributed by atoms with Gasteiger partial charge in [0, 0.05) is 38.0 Å². The van der Waals surface area contributed by atoms with Gasteiger partial charge in [0.25, 0.3) is 5.91 Å². The molecule has 0 N–H and O–H groups in total. The predicted molar refractivity (Wildman–Crippen MR) is 140 cm³/mol.